The maximum Gasteiger partial charge on any atom is 0.100 e. The van der Waals surface area contributed by atoms with Crippen LogP contribution in [0.3, 0.4) is 0 Å². The minimum atomic E-state index is 0.608. The van der Waals surface area contributed by atoms with Crippen LogP contribution in [0.2, 0.25) is 0 Å². The molecule has 1 atom stereocenters. The fourth-order valence-electron chi connectivity index (χ4n) is 2.27. The number of nitrogens with zero attached hydrogens (tertiary/aromatic N) is 2. The predicted octanol–water partition coefficient (Wildman–Crippen LogP) is 3.41. The maximum atomic E-state index is 2.48. The summed E-state index contributed by atoms with van der Waals surface area (Å²) in [5, 5.41) is 0. The van der Waals surface area contributed by atoms with Gasteiger partial charge in [0.15, 0.2) is 0 Å². The van der Waals surface area contributed by atoms with Gasteiger partial charge >= 0.3 is 0 Å². The lowest BCUT2D eigenvalue weighted by atomic mass is 10.1. The molecule has 0 aromatic heterocycles. The molecule has 15 heavy (non-hydrogen) atoms. The van der Waals surface area contributed by atoms with Crippen molar-refractivity contribution in [3.8, 4) is 0 Å². The van der Waals surface area contributed by atoms with E-state index in [1.807, 2.05) is 0 Å². The lowest BCUT2D eigenvalue weighted by Crippen LogP contribution is -2.36. The van der Waals surface area contributed by atoms with Crippen molar-refractivity contribution in [2.24, 2.45) is 0 Å². The normalized spacial score (nSPS) is 20.3. The lowest BCUT2D eigenvalue weighted by molar-refractivity contribution is 0.168. The highest BCUT2D eigenvalue weighted by Gasteiger charge is 2.20. The van der Waals surface area contributed by atoms with Crippen molar-refractivity contribution in [1.82, 2.24) is 9.80 Å². The third kappa shape index (κ3) is 3.77. The second kappa shape index (κ2) is 6.76. The lowest BCUT2D eigenvalue weighted by Gasteiger charge is -2.29. The van der Waals surface area contributed by atoms with Gasteiger partial charge in [-0.25, -0.2) is 0 Å². The van der Waals surface area contributed by atoms with Crippen LogP contribution in [0.25, 0.3) is 0 Å². The van der Waals surface area contributed by atoms with Crippen LogP contribution in [-0.2, 0) is 0 Å². The first-order valence-electron chi connectivity index (χ1n) is 6.45. The van der Waals surface area contributed by atoms with Crippen molar-refractivity contribution in [3.05, 3.63) is 12.4 Å². The zero-order valence-electron chi connectivity index (χ0n) is 10.6. The Morgan fingerprint density at radius 1 is 1.00 bits per heavy atom. The molecule has 2 nitrogen and oxygen atoms in total. The second-order valence-electron chi connectivity index (χ2n) is 4.50. The molecular weight excluding hydrogens is 184 g/mol. The first-order valence-corrected chi connectivity index (χ1v) is 6.45. The summed E-state index contributed by atoms with van der Waals surface area (Å²) in [5.41, 5.74) is 0. The summed E-state index contributed by atoms with van der Waals surface area (Å²) < 4.78 is 0. The van der Waals surface area contributed by atoms with Gasteiger partial charge in [0, 0.05) is 26.0 Å². The third-order valence-electron chi connectivity index (χ3n) is 3.23. The maximum absolute atomic E-state index is 2.48. The molecule has 0 saturated carbocycles. The molecule has 0 aromatic rings. The Hall–Kier alpha value is -0.660. The van der Waals surface area contributed by atoms with Crippen LogP contribution in [0.1, 0.15) is 52.4 Å². The smallest absolute Gasteiger partial charge is 0.100 e. The van der Waals surface area contributed by atoms with Crippen molar-refractivity contribution in [1.29, 1.82) is 0 Å². The van der Waals surface area contributed by atoms with E-state index in [4.69, 9.17) is 0 Å². The van der Waals surface area contributed by atoms with Gasteiger partial charge in [0.05, 0.1) is 0 Å². The molecular formula is C13H26N2. The van der Waals surface area contributed by atoms with E-state index in [1.165, 1.54) is 45.1 Å². The molecule has 0 fully saturated rings. The molecule has 0 aliphatic carbocycles. The summed E-state index contributed by atoms with van der Waals surface area (Å²) >= 11 is 0. The molecule has 0 radical (unpaired) electrons. The fraction of sp³-hybridized carbons (Fsp3) is 0.846. The Balaban J connectivity index is 2.13. The van der Waals surface area contributed by atoms with Crippen molar-refractivity contribution >= 4 is 0 Å². The Kier molecular flexibility index (Phi) is 5.59. The van der Waals surface area contributed by atoms with Crippen molar-refractivity contribution < 1.29 is 0 Å². The zero-order valence-corrected chi connectivity index (χ0v) is 10.6. The van der Waals surface area contributed by atoms with Crippen LogP contribution in [0, 0.1) is 0 Å². The van der Waals surface area contributed by atoms with Crippen LogP contribution in [0.5, 0.6) is 0 Å². The predicted molar refractivity (Wildman–Crippen MR) is 66.4 cm³/mol. The highest BCUT2D eigenvalue weighted by Crippen LogP contribution is 2.17. The molecule has 0 aromatic carbocycles. The Morgan fingerprint density at radius 2 is 1.73 bits per heavy atom. The number of hydrogen-bond acceptors (Lipinski definition) is 2. The topological polar surface area (TPSA) is 6.48 Å². The van der Waals surface area contributed by atoms with Crippen molar-refractivity contribution in [2.75, 3.05) is 13.6 Å². The van der Waals surface area contributed by atoms with Gasteiger partial charge in [-0.2, -0.15) is 0 Å². The van der Waals surface area contributed by atoms with Gasteiger partial charge in [-0.15, -0.1) is 0 Å². The third-order valence-corrected chi connectivity index (χ3v) is 3.23. The van der Waals surface area contributed by atoms with Crippen molar-refractivity contribution in [3.63, 3.8) is 0 Å². The Labute approximate surface area is 94.9 Å². The number of unbranched alkanes of at least 4 members (excludes halogenated alkanes) is 4. The highest BCUT2D eigenvalue weighted by molar-refractivity contribution is 4.94. The highest BCUT2D eigenvalue weighted by atomic mass is 15.4. The van der Waals surface area contributed by atoms with E-state index in [0.717, 1.165) is 0 Å². The molecule has 88 valence electrons. The molecule has 0 bridgehead atoms. The molecule has 0 spiro atoms. The number of rotatable bonds is 7. The van der Waals surface area contributed by atoms with Gasteiger partial charge < -0.3 is 9.80 Å². The average molecular weight is 210 g/mol. The monoisotopic (exact) mass is 210 g/mol. The van der Waals surface area contributed by atoms with Crippen LogP contribution >= 0.6 is 0 Å². The van der Waals surface area contributed by atoms with Crippen LogP contribution in [0.15, 0.2) is 12.4 Å². The molecule has 0 N–H and O–H groups in total. The Bertz CT molecular complexity index is 189. The molecule has 1 unspecified atom stereocenters. The fourth-order valence-corrected chi connectivity index (χ4v) is 2.27. The van der Waals surface area contributed by atoms with Gasteiger partial charge in [-0.05, 0) is 12.8 Å². The van der Waals surface area contributed by atoms with E-state index in [-0.39, 0.29) is 0 Å². The molecule has 2 heteroatoms. The molecule has 1 aliphatic rings. The minimum Gasteiger partial charge on any atom is -0.359 e. The summed E-state index contributed by atoms with van der Waals surface area (Å²) in [6, 6.07) is 0. The largest absolute Gasteiger partial charge is 0.359 e. The summed E-state index contributed by atoms with van der Waals surface area (Å²) in [5.74, 6) is 0. The van der Waals surface area contributed by atoms with Crippen LogP contribution in [-0.4, -0.2) is 29.6 Å². The van der Waals surface area contributed by atoms with E-state index in [1.54, 1.807) is 0 Å². The molecule has 1 rings (SSSR count). The molecule has 0 amide bonds. The first kappa shape index (κ1) is 12.4. The molecule has 0 saturated heterocycles. The quantitative estimate of drug-likeness (QED) is 0.594. The van der Waals surface area contributed by atoms with Crippen LogP contribution < -0.4 is 0 Å². The SMILES string of the molecule is CCCCCCCN1C=CN(C)C1CC. The van der Waals surface area contributed by atoms with E-state index in [9.17, 15) is 0 Å². The van der Waals surface area contributed by atoms with Gasteiger partial charge in [-0.3, -0.25) is 0 Å². The van der Waals surface area contributed by atoms with E-state index in [2.05, 4.69) is 43.1 Å². The summed E-state index contributed by atoms with van der Waals surface area (Å²) in [4.78, 5) is 4.79. The summed E-state index contributed by atoms with van der Waals surface area (Å²) in [7, 11) is 2.17. The first-order chi connectivity index (χ1) is 7.29. The van der Waals surface area contributed by atoms with E-state index >= 15 is 0 Å². The van der Waals surface area contributed by atoms with Crippen molar-refractivity contribution in [2.45, 2.75) is 58.5 Å². The molecule has 1 aliphatic heterocycles. The van der Waals surface area contributed by atoms with Gasteiger partial charge in [0.25, 0.3) is 0 Å². The molecule has 1 heterocycles. The minimum absolute atomic E-state index is 0.608. The summed E-state index contributed by atoms with van der Waals surface area (Å²) in [6.07, 6.45) is 13.1. The zero-order chi connectivity index (χ0) is 11.1. The average Bonchev–Trinajstić information content (AvgIpc) is 2.59. The van der Waals surface area contributed by atoms with Gasteiger partial charge in [-0.1, -0.05) is 39.5 Å². The van der Waals surface area contributed by atoms with Gasteiger partial charge in [0.1, 0.15) is 6.17 Å². The van der Waals surface area contributed by atoms with E-state index in [0.29, 0.717) is 6.17 Å². The second-order valence-corrected chi connectivity index (χ2v) is 4.50. The standard InChI is InChI=1S/C13H26N2/c1-4-6-7-8-9-10-15-12-11-14(3)13(15)5-2/h11-13H,4-10H2,1-3H3. The van der Waals surface area contributed by atoms with Crippen LogP contribution in [0.4, 0.5) is 0 Å². The van der Waals surface area contributed by atoms with E-state index < -0.39 is 0 Å². The number of hydrogen-bond donors (Lipinski definition) is 0. The van der Waals surface area contributed by atoms with Gasteiger partial charge in [0.2, 0.25) is 0 Å². The summed E-state index contributed by atoms with van der Waals surface area (Å²) in [6.45, 7) is 5.76. The Morgan fingerprint density at radius 3 is 2.40 bits per heavy atom.